The average molecular weight is 230 g/mol. The van der Waals surface area contributed by atoms with Crippen LogP contribution in [0.1, 0.15) is 27.7 Å². The van der Waals surface area contributed by atoms with Crippen LogP contribution in [0.4, 0.5) is 0 Å². The average Bonchev–Trinajstić information content (AvgIpc) is 2.21. The summed E-state index contributed by atoms with van der Waals surface area (Å²) in [7, 11) is 0. The first kappa shape index (κ1) is 15.2. The maximum absolute atomic E-state index is 5.43. The molecule has 5 heteroatoms. The van der Waals surface area contributed by atoms with Gasteiger partial charge >= 0.3 is 0 Å². The second-order valence-electron chi connectivity index (χ2n) is 4.62. The monoisotopic (exact) mass is 230 g/mol. The van der Waals surface area contributed by atoms with Crippen LogP contribution in [0.3, 0.4) is 0 Å². The Labute approximate surface area is 98.8 Å². The second-order valence-corrected chi connectivity index (χ2v) is 4.62. The zero-order valence-electron chi connectivity index (χ0n) is 10.9. The van der Waals surface area contributed by atoms with Crippen LogP contribution in [-0.4, -0.2) is 32.3 Å². The van der Waals surface area contributed by atoms with Gasteiger partial charge in [0.25, 0.3) is 0 Å². The van der Waals surface area contributed by atoms with Crippen LogP contribution in [0.2, 0.25) is 0 Å². The third-order valence-electron chi connectivity index (χ3n) is 1.74. The Balaban J connectivity index is 3.59. The Morgan fingerprint density at radius 3 is 2.44 bits per heavy atom. The third-order valence-corrected chi connectivity index (χ3v) is 1.74. The molecular formula is C11H26N4O. The van der Waals surface area contributed by atoms with E-state index >= 15 is 0 Å². The molecule has 0 saturated heterocycles. The molecule has 96 valence electrons. The molecule has 0 aliphatic carbocycles. The predicted molar refractivity (Wildman–Crippen MR) is 68.1 cm³/mol. The number of hydrogen-bond donors (Lipinski definition) is 3. The first-order valence-corrected chi connectivity index (χ1v) is 5.89. The molecule has 0 aliphatic rings. The van der Waals surface area contributed by atoms with Gasteiger partial charge in [-0.3, -0.25) is 10.4 Å². The number of nitrogens with two attached hydrogens (primary N) is 1. The fourth-order valence-corrected chi connectivity index (χ4v) is 0.987. The molecule has 0 radical (unpaired) electrons. The molecule has 0 amide bonds. The number of guanidine groups is 1. The van der Waals surface area contributed by atoms with E-state index in [9.17, 15) is 0 Å². The standard InChI is InChI=1S/C11H26N4O/c1-9(2)7-14-11(15-12)13-5-6-16-8-10(3)4/h9-10H,5-8,12H2,1-4H3,(H2,13,14,15). The highest BCUT2D eigenvalue weighted by atomic mass is 16.5. The fourth-order valence-electron chi connectivity index (χ4n) is 0.987. The van der Waals surface area contributed by atoms with E-state index in [0.29, 0.717) is 30.9 Å². The topological polar surface area (TPSA) is 71.7 Å². The molecule has 5 nitrogen and oxygen atoms in total. The van der Waals surface area contributed by atoms with Gasteiger partial charge in [0.15, 0.2) is 0 Å². The van der Waals surface area contributed by atoms with Gasteiger partial charge in [0.2, 0.25) is 5.96 Å². The highest BCUT2D eigenvalue weighted by Crippen LogP contribution is 1.92. The lowest BCUT2D eigenvalue weighted by Gasteiger charge is -2.11. The number of nitrogens with one attached hydrogen (secondary N) is 2. The maximum Gasteiger partial charge on any atom is 0.205 e. The fraction of sp³-hybridized carbons (Fsp3) is 0.909. The Morgan fingerprint density at radius 2 is 1.94 bits per heavy atom. The Morgan fingerprint density at radius 1 is 1.25 bits per heavy atom. The summed E-state index contributed by atoms with van der Waals surface area (Å²) in [6.45, 7) is 11.4. The van der Waals surface area contributed by atoms with Gasteiger partial charge in [-0.1, -0.05) is 27.7 Å². The molecule has 0 saturated carbocycles. The smallest absolute Gasteiger partial charge is 0.205 e. The molecule has 0 rings (SSSR count). The third kappa shape index (κ3) is 9.73. The molecular weight excluding hydrogens is 204 g/mol. The van der Waals surface area contributed by atoms with Gasteiger partial charge in [0, 0.05) is 19.7 Å². The Kier molecular flexibility index (Phi) is 8.94. The van der Waals surface area contributed by atoms with Crippen molar-refractivity contribution in [2.24, 2.45) is 22.7 Å². The van der Waals surface area contributed by atoms with Gasteiger partial charge in [0.05, 0.1) is 6.61 Å². The molecule has 4 N–H and O–H groups in total. The number of hydrogen-bond acceptors (Lipinski definition) is 3. The molecule has 0 aromatic heterocycles. The summed E-state index contributed by atoms with van der Waals surface area (Å²) >= 11 is 0. The van der Waals surface area contributed by atoms with Gasteiger partial charge in [0.1, 0.15) is 0 Å². The number of nitrogens with zero attached hydrogens (tertiary/aromatic N) is 1. The lowest BCUT2D eigenvalue weighted by Crippen LogP contribution is -2.43. The van der Waals surface area contributed by atoms with E-state index in [1.54, 1.807) is 0 Å². The summed E-state index contributed by atoms with van der Waals surface area (Å²) in [5.74, 6) is 7.07. The quantitative estimate of drug-likeness (QED) is 0.198. The van der Waals surface area contributed by atoms with Crippen LogP contribution in [0, 0.1) is 11.8 Å². The summed E-state index contributed by atoms with van der Waals surface area (Å²) in [5, 5.41) is 3.09. The largest absolute Gasteiger partial charge is 0.379 e. The van der Waals surface area contributed by atoms with Crippen molar-refractivity contribution < 1.29 is 4.74 Å². The van der Waals surface area contributed by atoms with Crippen molar-refractivity contribution in [1.29, 1.82) is 0 Å². The molecule has 0 atom stereocenters. The molecule has 0 aromatic rings. The van der Waals surface area contributed by atoms with Crippen LogP contribution in [0.15, 0.2) is 4.99 Å². The van der Waals surface area contributed by atoms with Crippen LogP contribution in [0.5, 0.6) is 0 Å². The summed E-state index contributed by atoms with van der Waals surface area (Å²) < 4.78 is 5.43. The molecule has 0 spiro atoms. The minimum atomic E-state index is 0.530. The van der Waals surface area contributed by atoms with E-state index in [1.165, 1.54) is 0 Å². The van der Waals surface area contributed by atoms with E-state index in [4.69, 9.17) is 10.6 Å². The first-order valence-electron chi connectivity index (χ1n) is 5.89. The molecule has 0 bridgehead atoms. The zero-order chi connectivity index (χ0) is 12.4. The van der Waals surface area contributed by atoms with Crippen molar-refractivity contribution in [3.63, 3.8) is 0 Å². The van der Waals surface area contributed by atoms with E-state index in [2.05, 4.69) is 43.4 Å². The van der Waals surface area contributed by atoms with Gasteiger partial charge in [-0.05, 0) is 11.8 Å². The predicted octanol–water partition coefficient (Wildman–Crippen LogP) is 0.724. The molecule has 0 heterocycles. The van der Waals surface area contributed by atoms with Crippen molar-refractivity contribution in [2.75, 3.05) is 26.3 Å². The van der Waals surface area contributed by atoms with Gasteiger partial charge in [-0.25, -0.2) is 5.84 Å². The van der Waals surface area contributed by atoms with Crippen LogP contribution in [-0.2, 0) is 4.74 Å². The maximum atomic E-state index is 5.43. The SMILES string of the molecule is CC(C)CN=C(NN)NCCOCC(C)C. The number of ether oxygens (including phenoxy) is 1. The van der Waals surface area contributed by atoms with E-state index < -0.39 is 0 Å². The van der Waals surface area contributed by atoms with Crippen LogP contribution < -0.4 is 16.6 Å². The van der Waals surface area contributed by atoms with Crippen molar-refractivity contribution >= 4 is 5.96 Å². The Bertz CT molecular complexity index is 192. The number of hydrazine groups is 1. The molecule has 16 heavy (non-hydrogen) atoms. The zero-order valence-corrected chi connectivity index (χ0v) is 10.9. The van der Waals surface area contributed by atoms with Gasteiger partial charge in [-0.15, -0.1) is 0 Å². The first-order chi connectivity index (χ1) is 7.56. The molecule has 0 unspecified atom stereocenters. The van der Waals surface area contributed by atoms with E-state index in [-0.39, 0.29) is 0 Å². The summed E-state index contributed by atoms with van der Waals surface area (Å²) in [6.07, 6.45) is 0. The van der Waals surface area contributed by atoms with Gasteiger partial charge < -0.3 is 10.1 Å². The van der Waals surface area contributed by atoms with E-state index in [0.717, 1.165) is 13.2 Å². The highest BCUT2D eigenvalue weighted by molar-refractivity contribution is 5.79. The minimum Gasteiger partial charge on any atom is -0.379 e. The van der Waals surface area contributed by atoms with Crippen molar-refractivity contribution in [2.45, 2.75) is 27.7 Å². The molecule has 0 aromatic carbocycles. The highest BCUT2D eigenvalue weighted by Gasteiger charge is 1.97. The van der Waals surface area contributed by atoms with Crippen molar-refractivity contribution in [1.82, 2.24) is 10.7 Å². The normalized spacial score (nSPS) is 12.3. The lowest BCUT2D eigenvalue weighted by molar-refractivity contribution is 0.114. The summed E-state index contributed by atoms with van der Waals surface area (Å²) in [5.41, 5.74) is 2.54. The van der Waals surface area contributed by atoms with Gasteiger partial charge in [-0.2, -0.15) is 0 Å². The molecule has 0 fully saturated rings. The van der Waals surface area contributed by atoms with Crippen LogP contribution >= 0.6 is 0 Å². The number of rotatable bonds is 7. The molecule has 0 aliphatic heterocycles. The summed E-state index contributed by atoms with van der Waals surface area (Å²) in [6, 6.07) is 0. The minimum absolute atomic E-state index is 0.530. The second kappa shape index (κ2) is 9.42. The van der Waals surface area contributed by atoms with E-state index in [1.807, 2.05) is 0 Å². The number of aliphatic imine (C=N–C) groups is 1. The van der Waals surface area contributed by atoms with Crippen LogP contribution in [0.25, 0.3) is 0 Å². The lowest BCUT2D eigenvalue weighted by atomic mass is 10.2. The van der Waals surface area contributed by atoms with Crippen molar-refractivity contribution in [3.05, 3.63) is 0 Å². The summed E-state index contributed by atoms with van der Waals surface area (Å²) in [4.78, 5) is 4.29. The Hall–Kier alpha value is -0.810. The van der Waals surface area contributed by atoms with Crippen molar-refractivity contribution in [3.8, 4) is 0 Å².